The van der Waals surface area contributed by atoms with E-state index < -0.39 is 0 Å². The molecule has 0 aromatic rings. The lowest BCUT2D eigenvalue weighted by molar-refractivity contribution is -0.133. The SMILES string of the molecule is CCCONC(=O)CCN. The third-order valence-corrected chi connectivity index (χ3v) is 0.864. The molecule has 1 amide bonds. The van der Waals surface area contributed by atoms with E-state index in [1.54, 1.807) is 0 Å². The van der Waals surface area contributed by atoms with E-state index in [0.29, 0.717) is 19.6 Å². The fourth-order valence-corrected chi connectivity index (χ4v) is 0.416. The largest absolute Gasteiger partial charge is 0.330 e. The van der Waals surface area contributed by atoms with Gasteiger partial charge in [0.05, 0.1) is 6.61 Å². The van der Waals surface area contributed by atoms with Crippen molar-refractivity contribution in [3.8, 4) is 0 Å². The van der Waals surface area contributed by atoms with E-state index in [1.165, 1.54) is 0 Å². The van der Waals surface area contributed by atoms with Crippen molar-refractivity contribution in [2.45, 2.75) is 19.8 Å². The van der Waals surface area contributed by atoms with Crippen LogP contribution in [0.15, 0.2) is 0 Å². The first-order valence-electron chi connectivity index (χ1n) is 3.42. The molecule has 0 unspecified atom stereocenters. The van der Waals surface area contributed by atoms with Crippen LogP contribution in [0.25, 0.3) is 0 Å². The molecule has 0 fully saturated rings. The van der Waals surface area contributed by atoms with Crippen LogP contribution in [-0.4, -0.2) is 19.1 Å². The van der Waals surface area contributed by atoms with Gasteiger partial charge < -0.3 is 5.73 Å². The normalized spacial score (nSPS) is 9.40. The van der Waals surface area contributed by atoms with Gasteiger partial charge in [-0.15, -0.1) is 0 Å². The van der Waals surface area contributed by atoms with Crippen molar-refractivity contribution in [1.82, 2.24) is 5.48 Å². The second-order valence-corrected chi connectivity index (χ2v) is 1.91. The average Bonchev–Trinajstić information content (AvgIpc) is 1.89. The Morgan fingerprint density at radius 3 is 2.90 bits per heavy atom. The monoisotopic (exact) mass is 146 g/mol. The maximum absolute atomic E-state index is 10.6. The van der Waals surface area contributed by atoms with Crippen LogP contribution in [0.3, 0.4) is 0 Å². The molecular weight excluding hydrogens is 132 g/mol. The summed E-state index contributed by atoms with van der Waals surface area (Å²) in [6, 6.07) is 0. The van der Waals surface area contributed by atoms with Gasteiger partial charge in [0, 0.05) is 13.0 Å². The topological polar surface area (TPSA) is 64.3 Å². The highest BCUT2D eigenvalue weighted by Crippen LogP contribution is 1.78. The third-order valence-electron chi connectivity index (χ3n) is 0.864. The highest BCUT2D eigenvalue weighted by atomic mass is 16.6. The number of hydroxylamine groups is 1. The predicted octanol–water partition coefficient (Wildman–Crippen LogP) is -0.207. The highest BCUT2D eigenvalue weighted by Gasteiger charge is 1.96. The van der Waals surface area contributed by atoms with Gasteiger partial charge in [-0.05, 0) is 6.42 Å². The molecule has 10 heavy (non-hydrogen) atoms. The molecule has 0 aliphatic carbocycles. The van der Waals surface area contributed by atoms with Crippen molar-refractivity contribution in [2.75, 3.05) is 13.2 Å². The highest BCUT2D eigenvalue weighted by molar-refractivity contribution is 5.74. The number of nitrogens with two attached hydrogens (primary N) is 1. The summed E-state index contributed by atoms with van der Waals surface area (Å²) >= 11 is 0. The summed E-state index contributed by atoms with van der Waals surface area (Å²) in [7, 11) is 0. The minimum Gasteiger partial charge on any atom is -0.330 e. The summed E-state index contributed by atoms with van der Waals surface area (Å²) in [4.78, 5) is 15.3. The van der Waals surface area contributed by atoms with Crippen LogP contribution in [-0.2, 0) is 9.63 Å². The Balaban J connectivity index is 3.05. The van der Waals surface area contributed by atoms with Gasteiger partial charge in [0.2, 0.25) is 5.91 Å². The van der Waals surface area contributed by atoms with Crippen molar-refractivity contribution in [3.63, 3.8) is 0 Å². The summed E-state index contributed by atoms with van der Waals surface area (Å²) in [6.07, 6.45) is 1.21. The molecule has 3 N–H and O–H groups in total. The van der Waals surface area contributed by atoms with Crippen LogP contribution < -0.4 is 11.2 Å². The van der Waals surface area contributed by atoms with Gasteiger partial charge in [0.1, 0.15) is 0 Å². The Bertz CT molecular complexity index is 95.7. The number of hydrogen-bond acceptors (Lipinski definition) is 3. The van der Waals surface area contributed by atoms with Gasteiger partial charge in [-0.2, -0.15) is 0 Å². The predicted molar refractivity (Wildman–Crippen MR) is 38.1 cm³/mol. The van der Waals surface area contributed by atoms with E-state index in [-0.39, 0.29) is 5.91 Å². The number of nitrogens with one attached hydrogen (secondary N) is 1. The fraction of sp³-hybridized carbons (Fsp3) is 0.833. The smallest absolute Gasteiger partial charge is 0.244 e. The second kappa shape index (κ2) is 6.51. The van der Waals surface area contributed by atoms with E-state index in [0.717, 1.165) is 6.42 Å². The molecule has 0 heterocycles. The Hall–Kier alpha value is -0.610. The second-order valence-electron chi connectivity index (χ2n) is 1.91. The molecule has 4 nitrogen and oxygen atoms in total. The first-order valence-corrected chi connectivity index (χ1v) is 3.42. The molecule has 0 aliphatic heterocycles. The van der Waals surface area contributed by atoms with Gasteiger partial charge in [0.15, 0.2) is 0 Å². The molecule has 0 bridgehead atoms. The summed E-state index contributed by atoms with van der Waals surface area (Å²) in [5.74, 6) is -0.157. The Morgan fingerprint density at radius 1 is 1.70 bits per heavy atom. The molecule has 0 aromatic carbocycles. The van der Waals surface area contributed by atoms with E-state index >= 15 is 0 Å². The fourth-order valence-electron chi connectivity index (χ4n) is 0.416. The van der Waals surface area contributed by atoms with Gasteiger partial charge in [-0.3, -0.25) is 9.63 Å². The van der Waals surface area contributed by atoms with Crippen molar-refractivity contribution >= 4 is 5.91 Å². The third kappa shape index (κ3) is 5.53. The number of amides is 1. The zero-order chi connectivity index (χ0) is 7.82. The minimum atomic E-state index is -0.157. The van der Waals surface area contributed by atoms with Gasteiger partial charge in [-0.1, -0.05) is 6.92 Å². The van der Waals surface area contributed by atoms with Gasteiger partial charge in [0.25, 0.3) is 0 Å². The Kier molecular flexibility index (Phi) is 6.11. The Morgan fingerprint density at radius 2 is 2.40 bits per heavy atom. The summed E-state index contributed by atoms with van der Waals surface area (Å²) in [6.45, 7) is 2.88. The molecule has 60 valence electrons. The van der Waals surface area contributed by atoms with Crippen molar-refractivity contribution < 1.29 is 9.63 Å². The van der Waals surface area contributed by atoms with Crippen molar-refractivity contribution in [2.24, 2.45) is 5.73 Å². The van der Waals surface area contributed by atoms with Crippen LogP contribution in [0.5, 0.6) is 0 Å². The number of hydrogen-bond donors (Lipinski definition) is 2. The zero-order valence-corrected chi connectivity index (χ0v) is 6.22. The van der Waals surface area contributed by atoms with Gasteiger partial charge >= 0.3 is 0 Å². The van der Waals surface area contributed by atoms with E-state index in [4.69, 9.17) is 10.6 Å². The van der Waals surface area contributed by atoms with Crippen LogP contribution in [0, 0.1) is 0 Å². The summed E-state index contributed by atoms with van der Waals surface area (Å²) in [5.41, 5.74) is 7.38. The number of carbonyl (C=O) groups excluding carboxylic acids is 1. The van der Waals surface area contributed by atoms with Gasteiger partial charge in [-0.25, -0.2) is 5.48 Å². The number of carbonyl (C=O) groups is 1. The molecule has 0 rings (SSSR count). The molecule has 4 heteroatoms. The average molecular weight is 146 g/mol. The molecule has 0 saturated carbocycles. The van der Waals surface area contributed by atoms with Crippen LogP contribution in [0.4, 0.5) is 0 Å². The first kappa shape index (κ1) is 9.39. The van der Waals surface area contributed by atoms with E-state index in [9.17, 15) is 4.79 Å². The molecule has 0 spiro atoms. The van der Waals surface area contributed by atoms with E-state index in [1.807, 2.05) is 6.92 Å². The summed E-state index contributed by atoms with van der Waals surface area (Å²) < 4.78 is 0. The molecular formula is C6H14N2O2. The van der Waals surface area contributed by atoms with Crippen LogP contribution in [0.2, 0.25) is 0 Å². The van der Waals surface area contributed by atoms with Crippen LogP contribution in [0.1, 0.15) is 19.8 Å². The zero-order valence-electron chi connectivity index (χ0n) is 6.22. The van der Waals surface area contributed by atoms with Crippen LogP contribution >= 0.6 is 0 Å². The molecule has 0 saturated heterocycles. The van der Waals surface area contributed by atoms with Crippen molar-refractivity contribution in [1.29, 1.82) is 0 Å². The molecule has 0 aromatic heterocycles. The number of rotatable bonds is 5. The quantitative estimate of drug-likeness (QED) is 0.417. The molecule has 0 aliphatic rings. The lowest BCUT2D eigenvalue weighted by Gasteiger charge is -2.01. The standard InChI is InChI=1S/C6H14N2O2/c1-2-5-10-8-6(9)3-4-7/h2-5,7H2,1H3,(H,8,9). The summed E-state index contributed by atoms with van der Waals surface area (Å²) in [5, 5.41) is 0. The van der Waals surface area contributed by atoms with Crippen molar-refractivity contribution in [3.05, 3.63) is 0 Å². The maximum atomic E-state index is 10.6. The van der Waals surface area contributed by atoms with E-state index in [2.05, 4.69) is 5.48 Å². The molecule has 0 atom stereocenters. The first-order chi connectivity index (χ1) is 4.81. The Labute approximate surface area is 60.7 Å². The lowest BCUT2D eigenvalue weighted by Crippen LogP contribution is -2.26. The minimum absolute atomic E-state index is 0.157. The lowest BCUT2D eigenvalue weighted by atomic mass is 10.4. The maximum Gasteiger partial charge on any atom is 0.244 e. The molecule has 0 radical (unpaired) electrons.